The van der Waals surface area contributed by atoms with Crippen LogP contribution < -0.4 is 20.1 Å². The molecule has 4 N–H and O–H groups in total. The van der Waals surface area contributed by atoms with Crippen LogP contribution in [0.5, 0.6) is 11.6 Å². The van der Waals surface area contributed by atoms with Crippen molar-refractivity contribution in [1.29, 1.82) is 0 Å². The summed E-state index contributed by atoms with van der Waals surface area (Å²) in [5, 5.41) is 13.6. The van der Waals surface area contributed by atoms with Gasteiger partial charge in [-0.25, -0.2) is 13.9 Å². The molecule has 0 amide bonds. The van der Waals surface area contributed by atoms with Crippen LogP contribution >= 0.6 is 7.75 Å². The molecule has 1 unspecified atom stereocenters. The molecule has 4 rings (SSSR count). The number of hydrogen-bond donors (Lipinski definition) is 3. The van der Waals surface area contributed by atoms with E-state index in [1.165, 1.54) is 36.9 Å². The quantitative estimate of drug-likeness (QED) is 0.195. The normalized spacial score (nSPS) is 24.4. The maximum Gasteiger partial charge on any atom is 0.459 e. The third-order valence-corrected chi connectivity index (χ3v) is 8.06. The molecule has 0 bridgehead atoms. The summed E-state index contributed by atoms with van der Waals surface area (Å²) in [5.74, 6) is -3.43. The van der Waals surface area contributed by atoms with E-state index in [-0.39, 0.29) is 47.2 Å². The van der Waals surface area contributed by atoms with E-state index in [4.69, 9.17) is 29.0 Å². The minimum Gasteiger partial charge on any atom is -0.476 e. The lowest BCUT2D eigenvalue weighted by Gasteiger charge is -2.32. The van der Waals surface area contributed by atoms with Crippen LogP contribution in [0, 0.1) is 5.41 Å². The number of nitrogen functional groups attached to an aromatic ring is 1. The summed E-state index contributed by atoms with van der Waals surface area (Å²) >= 11 is 0. The summed E-state index contributed by atoms with van der Waals surface area (Å²) in [4.78, 5) is 25.1. The second-order valence-electron chi connectivity index (χ2n) is 11.6. The van der Waals surface area contributed by atoms with Crippen molar-refractivity contribution in [2.45, 2.75) is 71.7 Å². The summed E-state index contributed by atoms with van der Waals surface area (Å²) < 4.78 is 59.3. The number of imidazole rings is 1. The van der Waals surface area contributed by atoms with Gasteiger partial charge in [-0.3, -0.25) is 13.9 Å². The number of hydrogen-bond acceptors (Lipinski definition) is 12. The van der Waals surface area contributed by atoms with Gasteiger partial charge in [0, 0.05) is 6.42 Å². The first kappa shape index (κ1) is 32.6. The number of nitrogens with two attached hydrogens (primary N) is 1. The molecule has 0 spiro atoms. The van der Waals surface area contributed by atoms with Gasteiger partial charge in [-0.1, -0.05) is 39.0 Å². The van der Waals surface area contributed by atoms with Gasteiger partial charge in [0.1, 0.15) is 30.2 Å². The number of nitrogens with zero attached hydrogens (tertiary/aromatic N) is 4. The maximum atomic E-state index is 16.4. The number of rotatable bonds is 12. The fraction of sp³-hybridized carbons (Fsp3) is 0.556. The molecule has 1 aliphatic heterocycles. The van der Waals surface area contributed by atoms with E-state index in [2.05, 4.69) is 20.0 Å². The Morgan fingerprint density at radius 1 is 1.33 bits per heavy atom. The van der Waals surface area contributed by atoms with Gasteiger partial charge in [0.05, 0.1) is 19.5 Å². The van der Waals surface area contributed by atoms with Crippen LogP contribution in [0.4, 0.5) is 10.3 Å². The van der Waals surface area contributed by atoms with Crippen molar-refractivity contribution in [3.8, 4) is 11.6 Å². The second kappa shape index (κ2) is 12.3. The Morgan fingerprint density at radius 3 is 2.67 bits per heavy atom. The highest BCUT2D eigenvalue weighted by Crippen LogP contribution is 2.51. The van der Waals surface area contributed by atoms with Gasteiger partial charge in [-0.05, 0) is 38.3 Å². The highest BCUT2D eigenvalue weighted by molar-refractivity contribution is 7.52. The Morgan fingerprint density at radius 2 is 2.02 bits per heavy atom. The van der Waals surface area contributed by atoms with Gasteiger partial charge in [-0.15, -0.1) is 0 Å². The molecule has 14 nitrogen and oxygen atoms in total. The summed E-state index contributed by atoms with van der Waals surface area (Å²) in [7, 11) is -4.46. The molecular formula is C27H38FN6O8P. The molecule has 236 valence electrons. The molecule has 0 saturated carbocycles. The lowest BCUT2D eigenvalue weighted by molar-refractivity contribution is -0.231. The SMILES string of the molecule is CCOc1nc(N)nc2c1ncn2[C@H]1C[C@](C)(O)[C@@](F)(COP(=O)(N[C@@H](C)C(=O)OCC(C)(C)C)Oc2ccccc2)O1. The standard InChI is InChI=1S/C27H38FN6O8P/c1-7-38-22-20-21(31-24(29)32-22)34(16-30-20)19-13-26(6,36)27(28,41-19)15-40-43(37,42-18-11-9-8-10-12-18)33-17(2)23(35)39-14-25(3,4)5/h8-12,16-17,19,36H,7,13-15H2,1-6H3,(H,33,37)(H2,29,31,32)/t17-,19+,26-,27+,43?/m0/s1. The van der Waals surface area contributed by atoms with Crippen LogP contribution in [-0.4, -0.2) is 67.9 Å². The van der Waals surface area contributed by atoms with Crippen molar-refractivity contribution in [2.24, 2.45) is 5.41 Å². The van der Waals surface area contributed by atoms with Gasteiger partial charge in [0.25, 0.3) is 5.85 Å². The van der Waals surface area contributed by atoms with Crippen molar-refractivity contribution in [1.82, 2.24) is 24.6 Å². The van der Waals surface area contributed by atoms with E-state index in [9.17, 15) is 14.5 Å². The van der Waals surface area contributed by atoms with E-state index in [1.807, 2.05) is 20.8 Å². The zero-order valence-electron chi connectivity index (χ0n) is 24.9. The third-order valence-electron chi connectivity index (χ3n) is 6.44. The number of anilines is 1. The maximum absolute atomic E-state index is 16.4. The van der Waals surface area contributed by atoms with Gasteiger partial charge in [0.15, 0.2) is 11.2 Å². The number of alkyl halides is 1. The minimum atomic E-state index is -4.46. The molecule has 3 heterocycles. The van der Waals surface area contributed by atoms with Gasteiger partial charge >= 0.3 is 13.7 Å². The highest BCUT2D eigenvalue weighted by atomic mass is 31.2. The lowest BCUT2D eigenvalue weighted by atomic mass is 9.96. The Balaban J connectivity index is 1.55. The molecule has 1 aromatic carbocycles. The monoisotopic (exact) mass is 624 g/mol. The molecule has 1 fully saturated rings. The number of nitrogens with one attached hydrogen (secondary N) is 1. The Kier molecular flexibility index (Phi) is 9.33. The van der Waals surface area contributed by atoms with Crippen molar-refractivity contribution < 1.29 is 42.1 Å². The van der Waals surface area contributed by atoms with E-state index in [0.29, 0.717) is 6.61 Å². The van der Waals surface area contributed by atoms with Crippen LogP contribution in [0.15, 0.2) is 36.7 Å². The number of benzene rings is 1. The summed E-state index contributed by atoms with van der Waals surface area (Å²) in [6.07, 6.45) is -0.0465. The molecular weight excluding hydrogens is 586 g/mol. The smallest absolute Gasteiger partial charge is 0.459 e. The largest absolute Gasteiger partial charge is 0.476 e. The Bertz CT molecular complexity index is 1480. The number of aromatic nitrogens is 4. The van der Waals surface area contributed by atoms with E-state index >= 15 is 4.39 Å². The molecule has 43 heavy (non-hydrogen) atoms. The highest BCUT2D eigenvalue weighted by Gasteiger charge is 2.59. The number of ether oxygens (including phenoxy) is 3. The first-order chi connectivity index (χ1) is 20.0. The van der Waals surface area contributed by atoms with Crippen LogP contribution in [0.25, 0.3) is 11.2 Å². The number of carbonyl (C=O) groups excluding carboxylic acids is 1. The minimum absolute atomic E-state index is 0.0995. The van der Waals surface area contributed by atoms with Crippen molar-refractivity contribution in [2.75, 3.05) is 25.6 Å². The molecule has 2 aromatic heterocycles. The summed E-state index contributed by atoms with van der Waals surface area (Å²) in [6.45, 7) is 9.42. The van der Waals surface area contributed by atoms with Crippen LogP contribution in [-0.2, 0) is 23.4 Å². The molecule has 5 atom stereocenters. The van der Waals surface area contributed by atoms with Crippen LogP contribution in [0.2, 0.25) is 0 Å². The molecule has 3 aromatic rings. The van der Waals surface area contributed by atoms with E-state index in [0.717, 1.165) is 0 Å². The zero-order chi connectivity index (χ0) is 31.6. The molecule has 1 aliphatic rings. The molecule has 0 radical (unpaired) electrons. The third kappa shape index (κ3) is 7.60. The van der Waals surface area contributed by atoms with Gasteiger partial charge in [0.2, 0.25) is 11.8 Å². The number of fused-ring (bicyclic) bond motifs is 1. The fourth-order valence-corrected chi connectivity index (χ4v) is 5.65. The number of halogens is 1. The van der Waals surface area contributed by atoms with Gasteiger partial charge in [-0.2, -0.15) is 15.1 Å². The number of para-hydroxylation sites is 1. The number of carbonyl (C=O) groups is 1. The van der Waals surface area contributed by atoms with Crippen molar-refractivity contribution in [3.05, 3.63) is 36.7 Å². The number of esters is 1. The van der Waals surface area contributed by atoms with Crippen LogP contribution in [0.1, 0.15) is 54.2 Å². The lowest BCUT2D eigenvalue weighted by Crippen LogP contribution is -2.49. The molecule has 16 heteroatoms. The average Bonchev–Trinajstić information content (AvgIpc) is 3.44. The predicted octanol–water partition coefficient (Wildman–Crippen LogP) is 3.91. The predicted molar refractivity (Wildman–Crippen MR) is 154 cm³/mol. The zero-order valence-corrected chi connectivity index (χ0v) is 25.8. The van der Waals surface area contributed by atoms with Crippen molar-refractivity contribution >= 4 is 30.8 Å². The van der Waals surface area contributed by atoms with Crippen molar-refractivity contribution in [3.63, 3.8) is 0 Å². The Labute approximate surface area is 248 Å². The van der Waals surface area contributed by atoms with Crippen LogP contribution in [0.3, 0.4) is 0 Å². The Hall–Kier alpha value is -3.36. The molecule has 0 aliphatic carbocycles. The fourth-order valence-electron chi connectivity index (χ4n) is 4.16. The molecule has 1 saturated heterocycles. The summed E-state index contributed by atoms with van der Waals surface area (Å²) in [6, 6.07) is 6.85. The second-order valence-corrected chi connectivity index (χ2v) is 13.3. The topological polar surface area (TPSA) is 182 Å². The first-order valence-electron chi connectivity index (χ1n) is 13.7. The average molecular weight is 625 g/mol. The van der Waals surface area contributed by atoms with E-state index in [1.54, 1.807) is 25.1 Å². The summed E-state index contributed by atoms with van der Waals surface area (Å²) in [5.41, 5.74) is 3.86. The van der Waals surface area contributed by atoms with E-state index < -0.39 is 44.0 Å². The first-order valence-corrected chi connectivity index (χ1v) is 15.2. The van der Waals surface area contributed by atoms with Gasteiger partial charge < -0.3 is 29.6 Å². The number of aliphatic hydroxyl groups is 1.